The third-order valence-corrected chi connectivity index (χ3v) is 5.59. The van der Waals surface area contributed by atoms with E-state index in [2.05, 4.69) is 25.6 Å². The first kappa shape index (κ1) is 20.9. The Morgan fingerprint density at radius 3 is 2.52 bits per heavy atom. The number of H-pyrrole nitrogens is 1. The van der Waals surface area contributed by atoms with Gasteiger partial charge in [0.25, 0.3) is 0 Å². The number of aromatic nitrogens is 2. The second kappa shape index (κ2) is 9.56. The molecule has 0 aliphatic heterocycles. The summed E-state index contributed by atoms with van der Waals surface area (Å²) in [5.74, 6) is 1.69. The Morgan fingerprint density at radius 1 is 1.07 bits per heavy atom. The quantitative estimate of drug-likeness (QED) is 0.389. The maximum atomic E-state index is 11.5. The Hall–Kier alpha value is -2.87. The van der Waals surface area contributed by atoms with Crippen LogP contribution in [0.2, 0.25) is 0 Å². The van der Waals surface area contributed by atoms with Gasteiger partial charge in [-0.25, -0.2) is 13.4 Å². The molecule has 0 aliphatic rings. The maximum Gasteiger partial charge on any atom is 0.191 e. The number of aliphatic imine (C=N–C) groups is 1. The van der Waals surface area contributed by atoms with E-state index in [1.54, 1.807) is 12.1 Å². The predicted octanol–water partition coefficient (Wildman–Crippen LogP) is 2.31. The average molecular weight is 414 g/mol. The lowest BCUT2D eigenvalue weighted by molar-refractivity contribution is 0.602. The Labute approximate surface area is 171 Å². The van der Waals surface area contributed by atoms with Gasteiger partial charge in [-0.05, 0) is 43.2 Å². The number of hydrogen-bond donors (Lipinski definition) is 3. The number of benzene rings is 2. The van der Waals surface area contributed by atoms with Crippen LogP contribution in [0.5, 0.6) is 0 Å². The largest absolute Gasteiger partial charge is 0.357 e. The number of imidazole rings is 1. The molecule has 0 spiro atoms. The Balaban J connectivity index is 1.51. The number of nitrogens with zero attached hydrogens (tertiary/aromatic N) is 2. The molecule has 3 N–H and O–H groups in total. The van der Waals surface area contributed by atoms with Crippen molar-refractivity contribution in [2.75, 3.05) is 25.9 Å². The highest BCUT2D eigenvalue weighted by Gasteiger charge is 2.06. The average Bonchev–Trinajstić information content (AvgIpc) is 3.10. The molecule has 154 valence electrons. The fraction of sp³-hybridized carbons (Fsp3) is 0.333. The number of nitrogens with one attached hydrogen (secondary N) is 3. The summed E-state index contributed by atoms with van der Waals surface area (Å²) in [4.78, 5) is 12.8. The van der Waals surface area contributed by atoms with Gasteiger partial charge in [0.1, 0.15) is 5.82 Å². The number of fused-ring (bicyclic) bond motifs is 1. The fourth-order valence-electron chi connectivity index (χ4n) is 2.97. The zero-order valence-electron chi connectivity index (χ0n) is 16.8. The summed E-state index contributed by atoms with van der Waals surface area (Å²) in [6.45, 7) is 4.13. The minimum atomic E-state index is -3.16. The zero-order chi connectivity index (χ0) is 20.7. The first-order chi connectivity index (χ1) is 14.0. The van der Waals surface area contributed by atoms with Crippen molar-refractivity contribution < 1.29 is 8.42 Å². The van der Waals surface area contributed by atoms with Crippen molar-refractivity contribution in [1.29, 1.82) is 0 Å². The smallest absolute Gasteiger partial charge is 0.191 e. The van der Waals surface area contributed by atoms with Crippen LogP contribution in [-0.2, 0) is 22.7 Å². The van der Waals surface area contributed by atoms with Crippen LogP contribution in [0, 0.1) is 0 Å². The van der Waals surface area contributed by atoms with Gasteiger partial charge in [0.15, 0.2) is 15.8 Å². The minimum absolute atomic E-state index is 0.342. The molecule has 0 amide bonds. The molecular weight excluding hydrogens is 386 g/mol. The summed E-state index contributed by atoms with van der Waals surface area (Å²) in [6.07, 6.45) is 2.73. The van der Waals surface area contributed by atoms with Crippen LogP contribution in [0.3, 0.4) is 0 Å². The maximum absolute atomic E-state index is 11.5. The van der Waals surface area contributed by atoms with Crippen LogP contribution in [-0.4, -0.2) is 50.2 Å². The molecule has 0 unspecified atom stereocenters. The highest BCUT2D eigenvalue weighted by atomic mass is 32.2. The topological polar surface area (TPSA) is 99.2 Å². The lowest BCUT2D eigenvalue weighted by Gasteiger charge is -2.11. The molecule has 3 rings (SSSR count). The molecule has 0 fully saturated rings. The molecule has 0 saturated heterocycles. The normalized spacial score (nSPS) is 12.3. The fourth-order valence-corrected chi connectivity index (χ4v) is 3.60. The molecule has 2 aromatic carbocycles. The van der Waals surface area contributed by atoms with Gasteiger partial charge >= 0.3 is 0 Å². The highest BCUT2D eigenvalue weighted by Crippen LogP contribution is 2.11. The van der Waals surface area contributed by atoms with Crippen molar-refractivity contribution in [3.05, 3.63) is 59.9 Å². The molecule has 1 heterocycles. The number of sulfone groups is 1. The molecule has 0 radical (unpaired) electrons. The van der Waals surface area contributed by atoms with Gasteiger partial charge in [-0.3, -0.25) is 4.99 Å². The Bertz CT molecular complexity index is 1040. The number of para-hydroxylation sites is 2. The van der Waals surface area contributed by atoms with Crippen LogP contribution in [0.25, 0.3) is 11.0 Å². The molecule has 29 heavy (non-hydrogen) atoms. The van der Waals surface area contributed by atoms with Gasteiger partial charge in [-0.2, -0.15) is 0 Å². The van der Waals surface area contributed by atoms with E-state index in [1.807, 2.05) is 43.3 Å². The first-order valence-electron chi connectivity index (χ1n) is 9.70. The van der Waals surface area contributed by atoms with Crippen molar-refractivity contribution >= 4 is 26.8 Å². The van der Waals surface area contributed by atoms with Crippen LogP contribution in [0.4, 0.5) is 0 Å². The summed E-state index contributed by atoms with van der Waals surface area (Å²) in [5, 5.41) is 6.56. The molecule has 0 saturated carbocycles. The lowest BCUT2D eigenvalue weighted by atomic mass is 10.1. The molecule has 3 aromatic rings. The molecule has 0 aliphatic carbocycles. The van der Waals surface area contributed by atoms with Gasteiger partial charge in [-0.1, -0.05) is 24.3 Å². The van der Waals surface area contributed by atoms with Gasteiger partial charge in [0, 0.05) is 32.3 Å². The standard InChI is InChI=1S/C21H27N5O2S/c1-3-22-21(23-14-12-16-8-10-17(11-9-16)29(2,27)28)24-15-13-20-25-18-6-4-5-7-19(18)26-20/h4-11H,3,12-15H2,1-2H3,(H,25,26)(H2,22,23,24). The van der Waals surface area contributed by atoms with E-state index in [1.165, 1.54) is 6.26 Å². The van der Waals surface area contributed by atoms with Crippen molar-refractivity contribution in [2.24, 2.45) is 4.99 Å². The summed E-state index contributed by atoms with van der Waals surface area (Å²) < 4.78 is 23.1. The second-order valence-electron chi connectivity index (χ2n) is 6.80. The van der Waals surface area contributed by atoms with Crippen LogP contribution in [0.1, 0.15) is 18.3 Å². The van der Waals surface area contributed by atoms with Crippen molar-refractivity contribution in [3.8, 4) is 0 Å². The van der Waals surface area contributed by atoms with Gasteiger partial charge in [0.2, 0.25) is 0 Å². The van der Waals surface area contributed by atoms with Crippen molar-refractivity contribution in [1.82, 2.24) is 20.6 Å². The van der Waals surface area contributed by atoms with Crippen molar-refractivity contribution in [3.63, 3.8) is 0 Å². The molecule has 0 atom stereocenters. The summed E-state index contributed by atoms with van der Waals surface area (Å²) in [6, 6.07) is 15.0. The molecule has 0 bridgehead atoms. The van der Waals surface area contributed by atoms with E-state index < -0.39 is 9.84 Å². The van der Waals surface area contributed by atoms with E-state index >= 15 is 0 Å². The molecular formula is C21H27N5O2S. The van der Waals surface area contributed by atoms with E-state index in [-0.39, 0.29) is 0 Å². The number of guanidine groups is 1. The third kappa shape index (κ3) is 6.05. The van der Waals surface area contributed by atoms with E-state index in [0.29, 0.717) is 18.0 Å². The van der Waals surface area contributed by atoms with E-state index in [9.17, 15) is 8.42 Å². The predicted molar refractivity (Wildman–Crippen MR) is 117 cm³/mol. The molecule has 1 aromatic heterocycles. The van der Waals surface area contributed by atoms with E-state index in [0.717, 1.165) is 47.8 Å². The summed E-state index contributed by atoms with van der Waals surface area (Å²) in [7, 11) is -3.16. The van der Waals surface area contributed by atoms with Crippen LogP contribution < -0.4 is 10.6 Å². The molecule has 8 heteroatoms. The summed E-state index contributed by atoms with van der Waals surface area (Å²) in [5.41, 5.74) is 3.08. The highest BCUT2D eigenvalue weighted by molar-refractivity contribution is 7.90. The van der Waals surface area contributed by atoms with Crippen LogP contribution >= 0.6 is 0 Å². The van der Waals surface area contributed by atoms with Crippen LogP contribution in [0.15, 0.2) is 58.4 Å². The van der Waals surface area contributed by atoms with Gasteiger partial charge in [0.05, 0.1) is 15.9 Å². The SMILES string of the molecule is CCNC(=NCCc1nc2ccccc2[nH]1)NCCc1ccc(S(C)(=O)=O)cc1. The monoisotopic (exact) mass is 413 g/mol. The van der Waals surface area contributed by atoms with Gasteiger partial charge < -0.3 is 15.6 Å². The number of aromatic amines is 1. The second-order valence-corrected chi connectivity index (χ2v) is 8.82. The summed E-state index contributed by atoms with van der Waals surface area (Å²) >= 11 is 0. The first-order valence-corrected chi connectivity index (χ1v) is 11.6. The molecule has 7 nitrogen and oxygen atoms in total. The number of hydrogen-bond acceptors (Lipinski definition) is 4. The van der Waals surface area contributed by atoms with Crippen molar-refractivity contribution in [2.45, 2.75) is 24.7 Å². The lowest BCUT2D eigenvalue weighted by Crippen LogP contribution is -2.38. The zero-order valence-corrected chi connectivity index (χ0v) is 17.6. The van der Waals surface area contributed by atoms with E-state index in [4.69, 9.17) is 0 Å². The minimum Gasteiger partial charge on any atom is -0.357 e. The Kier molecular flexibility index (Phi) is 6.87. The Morgan fingerprint density at radius 2 is 1.83 bits per heavy atom. The van der Waals surface area contributed by atoms with Gasteiger partial charge in [-0.15, -0.1) is 0 Å². The number of rotatable bonds is 8. The third-order valence-electron chi connectivity index (χ3n) is 4.46.